The fourth-order valence-electron chi connectivity index (χ4n) is 2.96. The molecule has 1 N–H and O–H groups in total. The van der Waals surface area contributed by atoms with E-state index in [1.54, 1.807) is 12.1 Å². The Hall–Kier alpha value is -1.79. The SMILES string of the molecule is O=C(NC1CCN(C(=O)c2ccccc2S)CC1)c1ccccc1Br. The van der Waals surface area contributed by atoms with Crippen molar-refractivity contribution >= 4 is 40.4 Å². The molecular weight excluding hydrogens is 400 g/mol. The zero-order chi connectivity index (χ0) is 17.8. The van der Waals surface area contributed by atoms with Crippen LogP contribution in [0.5, 0.6) is 0 Å². The molecule has 130 valence electrons. The van der Waals surface area contributed by atoms with Crippen LogP contribution in [0.3, 0.4) is 0 Å². The predicted octanol–water partition coefficient (Wildman–Crippen LogP) is 3.77. The summed E-state index contributed by atoms with van der Waals surface area (Å²) in [6, 6.07) is 14.8. The van der Waals surface area contributed by atoms with Crippen molar-refractivity contribution in [3.63, 3.8) is 0 Å². The molecule has 1 aliphatic heterocycles. The summed E-state index contributed by atoms with van der Waals surface area (Å²) in [6.07, 6.45) is 1.49. The quantitative estimate of drug-likeness (QED) is 0.745. The van der Waals surface area contributed by atoms with Gasteiger partial charge in [-0.25, -0.2) is 0 Å². The molecule has 0 bridgehead atoms. The first-order valence-electron chi connectivity index (χ1n) is 8.19. The maximum Gasteiger partial charge on any atom is 0.254 e. The van der Waals surface area contributed by atoms with Gasteiger partial charge in [-0.15, -0.1) is 12.6 Å². The molecule has 1 aliphatic rings. The van der Waals surface area contributed by atoms with Crippen molar-refractivity contribution in [2.75, 3.05) is 13.1 Å². The topological polar surface area (TPSA) is 49.4 Å². The van der Waals surface area contributed by atoms with Crippen LogP contribution in [0.4, 0.5) is 0 Å². The summed E-state index contributed by atoms with van der Waals surface area (Å²) in [5.41, 5.74) is 1.26. The van der Waals surface area contributed by atoms with Gasteiger partial charge in [0.15, 0.2) is 0 Å². The van der Waals surface area contributed by atoms with Gasteiger partial charge < -0.3 is 10.2 Å². The number of halogens is 1. The van der Waals surface area contributed by atoms with E-state index in [2.05, 4.69) is 33.9 Å². The van der Waals surface area contributed by atoms with Gasteiger partial charge in [-0.2, -0.15) is 0 Å². The number of amides is 2. The number of carbonyl (C=O) groups excluding carboxylic acids is 2. The third-order valence-corrected chi connectivity index (χ3v) is 5.45. The lowest BCUT2D eigenvalue weighted by atomic mass is 10.0. The molecular formula is C19H19BrN2O2S. The maximum absolute atomic E-state index is 12.6. The standard InChI is InChI=1S/C19H19BrN2O2S/c20-16-7-3-1-5-14(16)18(23)21-13-9-11-22(12-10-13)19(24)15-6-2-4-8-17(15)25/h1-8,13,25H,9-12H2,(H,21,23). The monoisotopic (exact) mass is 418 g/mol. The first-order chi connectivity index (χ1) is 12.1. The van der Waals surface area contributed by atoms with E-state index in [0.717, 1.165) is 17.3 Å². The van der Waals surface area contributed by atoms with Crippen LogP contribution in [0.25, 0.3) is 0 Å². The molecule has 4 nitrogen and oxygen atoms in total. The van der Waals surface area contributed by atoms with Crippen LogP contribution in [0.2, 0.25) is 0 Å². The highest BCUT2D eigenvalue weighted by Gasteiger charge is 2.25. The Bertz CT molecular complexity index is 788. The number of hydrogen-bond acceptors (Lipinski definition) is 3. The smallest absolute Gasteiger partial charge is 0.254 e. The number of thiol groups is 1. The summed E-state index contributed by atoms with van der Waals surface area (Å²) in [5.74, 6) is -0.0841. The summed E-state index contributed by atoms with van der Waals surface area (Å²) >= 11 is 7.76. The van der Waals surface area contributed by atoms with Gasteiger partial charge in [-0.3, -0.25) is 9.59 Å². The number of piperidine rings is 1. The summed E-state index contributed by atoms with van der Waals surface area (Å²) in [4.78, 5) is 27.5. The van der Waals surface area contributed by atoms with Gasteiger partial charge in [0.1, 0.15) is 0 Å². The fourth-order valence-corrected chi connectivity index (χ4v) is 3.68. The van der Waals surface area contributed by atoms with Crippen LogP contribution in [-0.4, -0.2) is 35.8 Å². The van der Waals surface area contributed by atoms with Crippen molar-refractivity contribution in [2.45, 2.75) is 23.8 Å². The van der Waals surface area contributed by atoms with Crippen LogP contribution in [0, 0.1) is 0 Å². The molecule has 0 radical (unpaired) electrons. The molecule has 3 rings (SSSR count). The molecule has 25 heavy (non-hydrogen) atoms. The zero-order valence-electron chi connectivity index (χ0n) is 13.6. The fraction of sp³-hybridized carbons (Fsp3) is 0.263. The molecule has 1 heterocycles. The molecule has 2 aromatic carbocycles. The molecule has 0 spiro atoms. The van der Waals surface area contributed by atoms with E-state index in [1.165, 1.54) is 0 Å². The number of nitrogens with zero attached hydrogens (tertiary/aromatic N) is 1. The normalized spacial score (nSPS) is 15.0. The van der Waals surface area contributed by atoms with E-state index in [4.69, 9.17) is 0 Å². The Morgan fingerprint density at radius 1 is 1.00 bits per heavy atom. The number of hydrogen-bond donors (Lipinski definition) is 2. The lowest BCUT2D eigenvalue weighted by molar-refractivity contribution is 0.0695. The second-order valence-corrected chi connectivity index (χ2v) is 7.37. The number of nitrogens with one attached hydrogen (secondary N) is 1. The average Bonchev–Trinajstić information content (AvgIpc) is 2.62. The first kappa shape index (κ1) is 18.0. The van der Waals surface area contributed by atoms with Gasteiger partial charge in [0.05, 0.1) is 11.1 Å². The van der Waals surface area contributed by atoms with E-state index >= 15 is 0 Å². The third kappa shape index (κ3) is 4.25. The first-order valence-corrected chi connectivity index (χ1v) is 9.43. The molecule has 0 saturated carbocycles. The molecule has 0 aliphatic carbocycles. The maximum atomic E-state index is 12.6. The van der Waals surface area contributed by atoms with E-state index in [9.17, 15) is 9.59 Å². The molecule has 0 aromatic heterocycles. The largest absolute Gasteiger partial charge is 0.349 e. The summed E-state index contributed by atoms with van der Waals surface area (Å²) < 4.78 is 0.783. The van der Waals surface area contributed by atoms with Crippen LogP contribution in [0.1, 0.15) is 33.6 Å². The van der Waals surface area contributed by atoms with Gasteiger partial charge in [0.2, 0.25) is 0 Å². The Morgan fingerprint density at radius 2 is 1.60 bits per heavy atom. The molecule has 0 atom stereocenters. The Kier molecular flexibility index (Phi) is 5.81. The van der Waals surface area contributed by atoms with Crippen molar-refractivity contribution in [3.8, 4) is 0 Å². The number of carbonyl (C=O) groups is 2. The number of benzene rings is 2. The highest BCUT2D eigenvalue weighted by Crippen LogP contribution is 2.20. The highest BCUT2D eigenvalue weighted by atomic mass is 79.9. The molecule has 2 aromatic rings. The van der Waals surface area contributed by atoms with Crippen molar-refractivity contribution in [3.05, 3.63) is 64.1 Å². The molecule has 0 unspecified atom stereocenters. The minimum Gasteiger partial charge on any atom is -0.349 e. The number of rotatable bonds is 3. The van der Waals surface area contributed by atoms with Crippen LogP contribution in [-0.2, 0) is 0 Å². The molecule has 2 amide bonds. The Labute approximate surface area is 161 Å². The van der Waals surface area contributed by atoms with E-state index in [0.29, 0.717) is 29.1 Å². The van der Waals surface area contributed by atoms with Gasteiger partial charge in [-0.1, -0.05) is 24.3 Å². The average molecular weight is 419 g/mol. The molecule has 1 saturated heterocycles. The minimum atomic E-state index is -0.0852. The third-order valence-electron chi connectivity index (χ3n) is 4.37. The van der Waals surface area contributed by atoms with Gasteiger partial charge in [-0.05, 0) is 53.0 Å². The van der Waals surface area contributed by atoms with Gasteiger partial charge in [0.25, 0.3) is 11.8 Å². The minimum absolute atomic E-state index is 0.00109. The zero-order valence-corrected chi connectivity index (χ0v) is 16.1. The highest BCUT2D eigenvalue weighted by molar-refractivity contribution is 9.10. The van der Waals surface area contributed by atoms with Gasteiger partial charge in [0, 0.05) is 28.5 Å². The van der Waals surface area contributed by atoms with E-state index < -0.39 is 0 Å². The molecule has 1 fully saturated rings. The van der Waals surface area contributed by atoms with Crippen LogP contribution >= 0.6 is 28.6 Å². The molecule has 6 heteroatoms. The van der Waals surface area contributed by atoms with Crippen molar-refractivity contribution in [1.82, 2.24) is 10.2 Å². The lowest BCUT2D eigenvalue weighted by Crippen LogP contribution is -2.46. The lowest BCUT2D eigenvalue weighted by Gasteiger charge is -2.32. The Morgan fingerprint density at radius 3 is 2.24 bits per heavy atom. The summed E-state index contributed by atoms with van der Waals surface area (Å²) in [5, 5.41) is 3.06. The van der Waals surface area contributed by atoms with Crippen molar-refractivity contribution < 1.29 is 9.59 Å². The summed E-state index contributed by atoms with van der Waals surface area (Å²) in [7, 11) is 0. The van der Waals surface area contributed by atoms with Crippen molar-refractivity contribution in [1.29, 1.82) is 0 Å². The van der Waals surface area contributed by atoms with Gasteiger partial charge >= 0.3 is 0 Å². The second-order valence-electron chi connectivity index (χ2n) is 6.04. The van der Waals surface area contributed by atoms with Crippen LogP contribution < -0.4 is 5.32 Å². The van der Waals surface area contributed by atoms with Crippen molar-refractivity contribution in [2.24, 2.45) is 0 Å². The van der Waals surface area contributed by atoms with Crippen LogP contribution in [0.15, 0.2) is 57.9 Å². The van der Waals surface area contributed by atoms with E-state index in [1.807, 2.05) is 41.3 Å². The second kappa shape index (κ2) is 8.06. The predicted molar refractivity (Wildman–Crippen MR) is 104 cm³/mol. The number of likely N-dealkylation sites (tertiary alicyclic amines) is 1. The summed E-state index contributed by atoms with van der Waals surface area (Å²) in [6.45, 7) is 1.25. The van der Waals surface area contributed by atoms with E-state index in [-0.39, 0.29) is 17.9 Å². The Balaban J connectivity index is 1.57.